The van der Waals surface area contributed by atoms with Crippen LogP contribution in [-0.4, -0.2) is 197 Å². The van der Waals surface area contributed by atoms with Crippen LogP contribution in [0.5, 0.6) is 0 Å². The summed E-state index contributed by atoms with van der Waals surface area (Å²) in [6.07, 6.45) is -3.76. The van der Waals surface area contributed by atoms with E-state index in [2.05, 4.69) is 81.0 Å². The lowest BCUT2D eigenvalue weighted by Crippen LogP contribution is -2.54. The molecule has 9 heterocycles. The second kappa shape index (κ2) is 40.0. The van der Waals surface area contributed by atoms with Gasteiger partial charge in [-0.3, -0.25) is 77.6 Å². The molecule has 0 saturated heterocycles. The minimum Gasteiger partial charge on any atom is -0.455 e. The van der Waals surface area contributed by atoms with Gasteiger partial charge in [0.15, 0.2) is 23.1 Å². The Morgan fingerprint density at radius 1 is 0.778 bits per heavy atom. The monoisotopic (exact) mass is 1820 g/mol. The zero-order valence-corrected chi connectivity index (χ0v) is 74.2. The van der Waals surface area contributed by atoms with Gasteiger partial charge >= 0.3 is 5.97 Å². The average molecular weight is 1820 g/mol. The molecular weight excluding hydrogens is 1730 g/mol. The number of carbonyl (C=O) groups excluding carboxylic acids is 14. The molecule has 126 heavy (non-hydrogen) atoms. The summed E-state index contributed by atoms with van der Waals surface area (Å²) in [5.41, 5.74) is -1.23. The van der Waals surface area contributed by atoms with Gasteiger partial charge in [0.05, 0.1) is 75.2 Å². The summed E-state index contributed by atoms with van der Waals surface area (Å²) in [5.74, 6) is -16.3. The van der Waals surface area contributed by atoms with Crippen molar-refractivity contribution < 1.29 is 97.4 Å². The Hall–Kier alpha value is -11.6. The largest absolute Gasteiger partial charge is 0.455 e. The Kier molecular flexibility index (Phi) is 30.1. The van der Waals surface area contributed by atoms with Crippen LogP contribution < -0.4 is 53.6 Å². The molecule has 1 aliphatic carbocycles. The molecule has 5 aromatic heterocycles. The number of hydrogen-bond donors (Lipinski definition) is 15. The molecule has 0 radical (unpaired) electrons. The first-order chi connectivity index (χ1) is 59.5. The smallest absolute Gasteiger partial charge is 0.357 e. The predicted molar refractivity (Wildman–Crippen MR) is 465 cm³/mol. The molecule has 37 nitrogen and oxygen atoms in total. The van der Waals surface area contributed by atoms with Crippen LogP contribution in [0.3, 0.4) is 0 Å². The van der Waals surface area contributed by atoms with E-state index in [1.54, 1.807) is 26.0 Å². The van der Waals surface area contributed by atoms with Crippen LogP contribution in [0.15, 0.2) is 116 Å². The number of allylic oxidation sites excluding steroid dienone is 2. The quantitative estimate of drug-likeness (QED) is 0.0373. The number of primary amides is 1. The van der Waals surface area contributed by atoms with Gasteiger partial charge in [0.25, 0.3) is 35.4 Å². The maximum atomic E-state index is 15.6. The van der Waals surface area contributed by atoms with E-state index in [1.165, 1.54) is 113 Å². The summed E-state index contributed by atoms with van der Waals surface area (Å²) < 4.78 is 6.31. The summed E-state index contributed by atoms with van der Waals surface area (Å²) in [6, 6.07) is -1.20. The number of esters is 1. The van der Waals surface area contributed by atoms with E-state index >= 15 is 14.4 Å². The molecule has 6 aromatic rings. The molecule has 0 spiro atoms. The van der Waals surface area contributed by atoms with E-state index < -0.39 is 214 Å². The van der Waals surface area contributed by atoms with Crippen molar-refractivity contribution in [2.45, 2.75) is 199 Å². The summed E-state index contributed by atoms with van der Waals surface area (Å²) in [5, 5.41) is 87.7. The van der Waals surface area contributed by atoms with Gasteiger partial charge in [0.1, 0.15) is 90.5 Å². The first-order valence-electron chi connectivity index (χ1n) is 40.0. The summed E-state index contributed by atoms with van der Waals surface area (Å²) in [4.78, 5) is 232. The normalized spacial score (nSPS) is 25.7. The fourth-order valence-corrected chi connectivity index (χ4v) is 19.2. The van der Waals surface area contributed by atoms with Crippen molar-refractivity contribution in [1.82, 2.24) is 72.8 Å². The van der Waals surface area contributed by atoms with Crippen molar-refractivity contribution in [1.29, 1.82) is 0 Å². The SMILES string of the molecule is C=C1NC(=O)C(C)CC(=O)C(C(C)CC)NC2C=Cc3c(C(C)O)cc(nc3C2O)C(=O)OC(C)C2NC(=O)c3csc(n3)C(C(C)(O)C(C)O)CC(=O)C3CSC(=N3)/C(=C/C)NC(=O)C(C(C)O)NC(=O)c3csc(n3)C3(CCC(c4nc(C(=O)NC(=C)C(=O)NC(=CNC(=O)c5cccc(C(C)=O)c5)C(N)=O)cs4)=NC3c3csc2n3)NC(=O)C(C)CC1=O. The van der Waals surface area contributed by atoms with Crippen LogP contribution in [0.2, 0.25) is 0 Å². The minimum absolute atomic E-state index is 0.00433. The third-order valence-corrected chi connectivity index (χ3v) is 27.1. The first-order valence-corrected chi connectivity index (χ1v) is 44.5. The van der Waals surface area contributed by atoms with Crippen molar-refractivity contribution in [2.24, 2.45) is 33.5 Å². The van der Waals surface area contributed by atoms with E-state index in [9.17, 15) is 78.3 Å². The number of ether oxygens (including phenoxy) is 1. The third kappa shape index (κ3) is 21.2. The first kappa shape index (κ1) is 95.1. The number of benzene rings is 1. The molecule has 42 heteroatoms. The predicted octanol–water partition coefficient (Wildman–Crippen LogP) is 4.80. The average Bonchev–Trinajstić information content (AvgIpc) is 1.41. The van der Waals surface area contributed by atoms with Crippen molar-refractivity contribution in [3.05, 3.63) is 183 Å². The lowest BCUT2D eigenvalue weighted by atomic mass is 9.80. The highest BCUT2D eigenvalue weighted by Gasteiger charge is 2.52. The number of hydrogen-bond acceptors (Lipinski definition) is 33. The van der Waals surface area contributed by atoms with Crippen LogP contribution >= 0.6 is 57.1 Å². The number of fused-ring (bicyclic) bond motifs is 7. The van der Waals surface area contributed by atoms with Crippen LogP contribution in [0.1, 0.15) is 250 Å². The van der Waals surface area contributed by atoms with Crippen LogP contribution in [-0.2, 0) is 48.6 Å². The number of rotatable bonds is 15. The molecular formula is C84H95N17O20S5. The Morgan fingerprint density at radius 2 is 1.47 bits per heavy atom. The molecule has 0 fully saturated rings. The van der Waals surface area contributed by atoms with Crippen molar-refractivity contribution in [2.75, 3.05) is 5.75 Å². The van der Waals surface area contributed by atoms with Crippen LogP contribution in [0, 0.1) is 17.8 Å². The number of aliphatic imine (C=N–C) groups is 2. The van der Waals surface area contributed by atoms with E-state index in [1.807, 2.05) is 6.92 Å². The van der Waals surface area contributed by atoms with Gasteiger partial charge in [-0.2, -0.15) is 0 Å². The molecule has 0 saturated carbocycles. The number of thioether (sulfide) groups is 1. The number of aromatic nitrogens is 5. The molecule has 16 N–H and O–H groups in total. The van der Waals surface area contributed by atoms with Crippen molar-refractivity contribution >= 4 is 156 Å². The Bertz CT molecular complexity index is 5580. The van der Waals surface area contributed by atoms with Crippen LogP contribution in [0.25, 0.3) is 6.08 Å². The van der Waals surface area contributed by atoms with E-state index in [0.717, 1.165) is 63.3 Å². The molecule has 5 aliphatic rings. The number of carbonyl (C=O) groups is 14. The number of nitrogens with two attached hydrogens (primary N) is 1. The maximum Gasteiger partial charge on any atom is 0.357 e. The lowest BCUT2D eigenvalue weighted by molar-refractivity contribution is -0.131. The zero-order valence-electron chi connectivity index (χ0n) is 70.1. The fourth-order valence-electron chi connectivity index (χ4n) is 14.2. The Balaban J connectivity index is 1.06. The zero-order chi connectivity index (χ0) is 92.0. The van der Waals surface area contributed by atoms with Gasteiger partial charge < -0.3 is 78.5 Å². The molecule has 666 valence electrons. The molecule has 11 rings (SSSR count). The van der Waals surface area contributed by atoms with Gasteiger partial charge in [-0.15, -0.1) is 57.1 Å². The number of nitrogens with one attached hydrogen (secondary N) is 9. The lowest BCUT2D eigenvalue weighted by Gasteiger charge is -2.41. The number of aliphatic hydroxyl groups is 5. The van der Waals surface area contributed by atoms with Gasteiger partial charge in [-0.1, -0.05) is 77.6 Å². The van der Waals surface area contributed by atoms with Gasteiger partial charge in [-0.05, 0) is 91.0 Å². The standard InChI is InChI=1S/C84H95N17O20S5/c1-14-34(3)62-61(108)24-35(4)69(111)87-37(6)59(106)23-36(5)70(112)101-84-22-21-51(79-97-56(32-124-79)73(115)88-38(7)71(113)93-53(68(85)110)28-86-72(114)45-18-16-17-44(25-45)39(8)102)91-67(84)55-30-125-80(95-55)64(42(11)121-81(119)52-26-47(40(9)103)46-19-20-50(89-62)66(109)65(46)90-52)100-74(116)57-31-122-77(96-57)48(83(13,120)43(12)105)27-60(107)54-29-123-78(94-54)49(15-2)92-76(118)63(41(10)104)99-75(117)58-33-126-82(84)98-58/h15-20,25-26,28,30-36,40-43,48,50,54,62-64,66-67,89,103-105,109,120H,6-7,14,21-24,27,29H2,1-5,8-13H3,(H2,85,110)(H,86,114)(H,87,111)(H,88,115)(H,92,118)(H,93,113)(H,99,117)(H,100,116)(H,101,112)/b49-15-,53-28?. The highest BCUT2D eigenvalue weighted by Crippen LogP contribution is 2.49. The molecule has 1 aromatic carbocycles. The third-order valence-electron chi connectivity index (χ3n) is 22.2. The number of thiazole rings is 4. The maximum absolute atomic E-state index is 15.6. The van der Waals surface area contributed by atoms with Gasteiger partial charge in [-0.25, -0.2) is 29.7 Å². The molecule has 9 amide bonds. The number of pyridine rings is 1. The van der Waals surface area contributed by atoms with Gasteiger partial charge in [0, 0.05) is 87.2 Å². The minimum atomic E-state index is -2.11. The topological polar surface area (TPSA) is 573 Å². The van der Waals surface area contributed by atoms with E-state index in [0.29, 0.717) is 6.42 Å². The highest BCUT2D eigenvalue weighted by atomic mass is 32.2. The fraction of sp³-hybridized carbons (Fsp3) is 0.417. The van der Waals surface area contributed by atoms with Crippen LogP contribution in [0.4, 0.5) is 0 Å². The summed E-state index contributed by atoms with van der Waals surface area (Å²) in [7, 11) is 0. The number of ketones is 4. The molecule has 17 unspecified atom stereocenters. The summed E-state index contributed by atoms with van der Waals surface area (Å²) in [6.45, 7) is 23.5. The number of cyclic esters (lactones) is 1. The molecule has 4 aliphatic heterocycles. The number of nitrogens with zero attached hydrogens (tertiary/aromatic N) is 7. The number of amides is 9. The second-order valence-electron chi connectivity index (χ2n) is 31.4. The molecule has 13 bridgehead atoms. The van der Waals surface area contributed by atoms with E-state index in [4.69, 9.17) is 25.4 Å². The molecule has 17 atom stereocenters. The number of Topliss-reactive ketones (excluding diaryl/α,β-unsaturated/α-hetero) is 4. The Labute approximate surface area is 742 Å². The second-order valence-corrected chi connectivity index (χ2v) is 35.9. The number of aliphatic hydroxyl groups excluding tert-OH is 4. The van der Waals surface area contributed by atoms with Crippen molar-refractivity contribution in [3.8, 4) is 0 Å². The Morgan fingerprint density at radius 3 is 2.15 bits per heavy atom. The van der Waals surface area contributed by atoms with E-state index in [-0.39, 0.29) is 118 Å². The summed E-state index contributed by atoms with van der Waals surface area (Å²) >= 11 is 4.50. The van der Waals surface area contributed by atoms with Gasteiger partial charge in [0.2, 0.25) is 17.7 Å². The van der Waals surface area contributed by atoms with Crippen molar-refractivity contribution in [3.63, 3.8) is 0 Å². The highest BCUT2D eigenvalue weighted by molar-refractivity contribution is 8.14.